The molecule has 0 radical (unpaired) electrons. The molecular weight excluding hydrogens is 344 g/mol. The first-order chi connectivity index (χ1) is 12.1. The fourth-order valence-corrected chi connectivity index (χ4v) is 3.03. The number of rotatable bonds is 6. The van der Waals surface area contributed by atoms with Crippen LogP contribution in [-0.2, 0) is 14.3 Å². The van der Waals surface area contributed by atoms with Crippen LogP contribution in [0.15, 0.2) is 29.6 Å². The average molecular weight is 360 g/mol. The summed E-state index contributed by atoms with van der Waals surface area (Å²) in [5, 5.41) is 8.85. The van der Waals surface area contributed by atoms with Gasteiger partial charge in [-0.3, -0.25) is 14.9 Å². The van der Waals surface area contributed by atoms with E-state index in [9.17, 15) is 9.59 Å². The van der Waals surface area contributed by atoms with E-state index in [0.717, 1.165) is 17.0 Å². The van der Waals surface area contributed by atoms with Crippen LogP contribution in [0.5, 0.6) is 5.75 Å². The zero-order valence-electron chi connectivity index (χ0n) is 13.7. The molecule has 1 aromatic carbocycles. The Balaban J connectivity index is 1.75. The Labute approximate surface area is 147 Å². The number of hydrogen-bond donors (Lipinski definition) is 1. The van der Waals surface area contributed by atoms with Gasteiger partial charge in [0, 0.05) is 17.4 Å². The Kier molecular flexibility index (Phi) is 4.94. The molecule has 0 spiro atoms. The van der Waals surface area contributed by atoms with Crippen LogP contribution >= 0.6 is 11.3 Å². The van der Waals surface area contributed by atoms with E-state index in [1.54, 1.807) is 11.6 Å². The standard InChI is InChI=1S/C16H16N4O4S/c1-23-11-5-3-10(4-6-11)12-9-25-16-18-15(19-20(12)16)17-13(21)7-8-14(22)24-2/h3-6,9H,7-8H2,1-2H3,(H,17,19,21). The Bertz CT molecular complexity index is 901. The largest absolute Gasteiger partial charge is 0.497 e. The van der Waals surface area contributed by atoms with Gasteiger partial charge in [0.1, 0.15) is 5.75 Å². The van der Waals surface area contributed by atoms with Crippen molar-refractivity contribution >= 4 is 34.1 Å². The Morgan fingerprint density at radius 2 is 1.96 bits per heavy atom. The van der Waals surface area contributed by atoms with Crippen molar-refractivity contribution in [2.45, 2.75) is 12.8 Å². The van der Waals surface area contributed by atoms with Gasteiger partial charge in [-0.2, -0.15) is 4.98 Å². The highest BCUT2D eigenvalue weighted by Gasteiger charge is 2.14. The Hall–Kier alpha value is -2.94. The van der Waals surface area contributed by atoms with Crippen molar-refractivity contribution in [1.29, 1.82) is 0 Å². The molecule has 25 heavy (non-hydrogen) atoms. The summed E-state index contributed by atoms with van der Waals surface area (Å²) in [7, 11) is 2.90. The minimum absolute atomic E-state index is 0.0155. The van der Waals surface area contributed by atoms with Gasteiger partial charge in [-0.25, -0.2) is 4.52 Å². The van der Waals surface area contributed by atoms with E-state index in [2.05, 4.69) is 20.1 Å². The molecule has 8 nitrogen and oxygen atoms in total. The van der Waals surface area contributed by atoms with Crippen LogP contribution in [0.1, 0.15) is 12.8 Å². The van der Waals surface area contributed by atoms with Crippen LogP contribution in [0.2, 0.25) is 0 Å². The number of nitrogens with one attached hydrogen (secondary N) is 1. The Morgan fingerprint density at radius 1 is 1.20 bits per heavy atom. The van der Waals surface area contributed by atoms with Crippen LogP contribution in [0.4, 0.5) is 5.95 Å². The number of carbonyl (C=O) groups is 2. The number of hydrogen-bond acceptors (Lipinski definition) is 7. The lowest BCUT2D eigenvalue weighted by Crippen LogP contribution is -2.14. The molecule has 0 aliphatic carbocycles. The van der Waals surface area contributed by atoms with Gasteiger partial charge in [0.05, 0.1) is 26.3 Å². The maximum absolute atomic E-state index is 11.8. The van der Waals surface area contributed by atoms with Gasteiger partial charge in [-0.05, 0) is 24.3 Å². The maximum atomic E-state index is 11.8. The van der Waals surface area contributed by atoms with Crippen molar-refractivity contribution < 1.29 is 19.1 Å². The lowest BCUT2D eigenvalue weighted by Gasteiger charge is -2.02. The van der Waals surface area contributed by atoms with Gasteiger partial charge in [0.25, 0.3) is 0 Å². The minimum Gasteiger partial charge on any atom is -0.497 e. The molecule has 1 N–H and O–H groups in total. The summed E-state index contributed by atoms with van der Waals surface area (Å²) < 4.78 is 11.3. The number of esters is 1. The average Bonchev–Trinajstić information content (AvgIpc) is 3.19. The van der Waals surface area contributed by atoms with Crippen LogP contribution < -0.4 is 10.1 Å². The second kappa shape index (κ2) is 7.31. The molecule has 3 aromatic rings. The molecule has 0 unspecified atom stereocenters. The number of benzene rings is 1. The van der Waals surface area contributed by atoms with E-state index in [1.165, 1.54) is 18.4 Å². The number of aromatic nitrogens is 3. The van der Waals surface area contributed by atoms with Gasteiger partial charge in [-0.1, -0.05) is 0 Å². The molecule has 0 aliphatic heterocycles. The number of amides is 1. The molecule has 0 aliphatic rings. The van der Waals surface area contributed by atoms with Crippen LogP contribution in [-0.4, -0.2) is 40.7 Å². The van der Waals surface area contributed by atoms with E-state index in [4.69, 9.17) is 4.74 Å². The Morgan fingerprint density at radius 3 is 2.64 bits per heavy atom. The first kappa shape index (κ1) is 16.9. The van der Waals surface area contributed by atoms with Crippen molar-refractivity contribution in [3.8, 4) is 17.0 Å². The first-order valence-corrected chi connectivity index (χ1v) is 8.34. The van der Waals surface area contributed by atoms with E-state index in [0.29, 0.717) is 4.96 Å². The summed E-state index contributed by atoms with van der Waals surface area (Å²) in [4.78, 5) is 27.8. The van der Waals surface area contributed by atoms with Crippen molar-refractivity contribution in [3.05, 3.63) is 29.6 Å². The van der Waals surface area contributed by atoms with Crippen molar-refractivity contribution in [3.63, 3.8) is 0 Å². The number of thiazole rings is 1. The van der Waals surface area contributed by atoms with Gasteiger partial charge >= 0.3 is 5.97 Å². The summed E-state index contributed by atoms with van der Waals surface area (Å²) in [5.74, 6) is 0.203. The highest BCUT2D eigenvalue weighted by atomic mass is 32.1. The summed E-state index contributed by atoms with van der Waals surface area (Å²) in [5.41, 5.74) is 1.82. The normalized spacial score (nSPS) is 10.6. The zero-order valence-corrected chi connectivity index (χ0v) is 14.5. The third-order valence-electron chi connectivity index (χ3n) is 3.50. The lowest BCUT2D eigenvalue weighted by atomic mass is 10.2. The second-order valence-corrected chi connectivity index (χ2v) is 5.94. The van der Waals surface area contributed by atoms with Gasteiger partial charge in [-0.15, -0.1) is 16.4 Å². The summed E-state index contributed by atoms with van der Waals surface area (Å²) >= 11 is 1.42. The van der Waals surface area contributed by atoms with Gasteiger partial charge in [0.2, 0.25) is 16.8 Å². The molecule has 9 heteroatoms. The summed E-state index contributed by atoms with van der Waals surface area (Å²) in [6, 6.07) is 7.59. The molecule has 130 valence electrons. The maximum Gasteiger partial charge on any atom is 0.306 e. The number of carbonyl (C=O) groups excluding carboxylic acids is 2. The number of ether oxygens (including phenoxy) is 2. The third kappa shape index (κ3) is 3.77. The first-order valence-electron chi connectivity index (χ1n) is 7.46. The van der Waals surface area contributed by atoms with Crippen LogP contribution in [0, 0.1) is 0 Å². The predicted molar refractivity (Wildman–Crippen MR) is 92.7 cm³/mol. The molecule has 0 atom stereocenters. The fourth-order valence-electron chi connectivity index (χ4n) is 2.20. The summed E-state index contributed by atoms with van der Waals surface area (Å²) in [6.07, 6.45) is 0.0342. The quantitative estimate of drug-likeness (QED) is 0.678. The zero-order chi connectivity index (χ0) is 17.8. The molecule has 0 bridgehead atoms. The van der Waals surface area contributed by atoms with E-state index < -0.39 is 5.97 Å². The van der Waals surface area contributed by atoms with Crippen molar-refractivity contribution in [2.24, 2.45) is 0 Å². The van der Waals surface area contributed by atoms with E-state index in [1.807, 2.05) is 29.6 Å². The van der Waals surface area contributed by atoms with Gasteiger partial charge < -0.3 is 9.47 Å². The minimum atomic E-state index is -0.435. The van der Waals surface area contributed by atoms with E-state index >= 15 is 0 Å². The molecule has 3 rings (SSSR count). The summed E-state index contributed by atoms with van der Waals surface area (Å²) in [6.45, 7) is 0. The molecule has 0 saturated heterocycles. The molecule has 0 saturated carbocycles. The van der Waals surface area contributed by atoms with Crippen molar-refractivity contribution in [2.75, 3.05) is 19.5 Å². The second-order valence-electron chi connectivity index (χ2n) is 5.10. The third-order valence-corrected chi connectivity index (χ3v) is 4.32. The highest BCUT2D eigenvalue weighted by Crippen LogP contribution is 2.27. The molecule has 1 amide bonds. The van der Waals surface area contributed by atoms with Crippen molar-refractivity contribution in [1.82, 2.24) is 14.6 Å². The van der Waals surface area contributed by atoms with E-state index in [-0.39, 0.29) is 24.7 Å². The number of fused-ring (bicyclic) bond motifs is 1. The number of anilines is 1. The monoisotopic (exact) mass is 360 g/mol. The van der Waals surface area contributed by atoms with Crippen LogP contribution in [0.3, 0.4) is 0 Å². The smallest absolute Gasteiger partial charge is 0.306 e. The molecular formula is C16H16N4O4S. The topological polar surface area (TPSA) is 94.8 Å². The molecule has 2 aromatic heterocycles. The molecule has 0 fully saturated rings. The van der Waals surface area contributed by atoms with Gasteiger partial charge in [0.15, 0.2) is 0 Å². The number of methoxy groups -OCH3 is 2. The SMILES string of the molecule is COC(=O)CCC(=O)Nc1nc2scc(-c3ccc(OC)cc3)n2n1. The fraction of sp³-hybridized carbons (Fsp3) is 0.250. The number of nitrogens with zero attached hydrogens (tertiary/aromatic N) is 3. The predicted octanol–water partition coefficient (Wildman–Crippen LogP) is 2.36. The lowest BCUT2D eigenvalue weighted by molar-refractivity contribution is -0.141. The highest BCUT2D eigenvalue weighted by molar-refractivity contribution is 7.15. The van der Waals surface area contributed by atoms with Crippen LogP contribution in [0.25, 0.3) is 16.2 Å². The molecule has 2 heterocycles.